The van der Waals surface area contributed by atoms with Crippen LogP contribution < -0.4 is 15.8 Å². The number of thiol groups is 1. The number of likely N-dealkylation sites (tertiary alicyclic amines) is 1. The van der Waals surface area contributed by atoms with E-state index in [1.54, 1.807) is 11.8 Å². The minimum absolute atomic E-state index is 0.0945. The summed E-state index contributed by atoms with van der Waals surface area (Å²) in [5.41, 5.74) is 5.86. The van der Waals surface area contributed by atoms with Gasteiger partial charge in [0.2, 0.25) is 5.91 Å². The van der Waals surface area contributed by atoms with E-state index >= 15 is 0 Å². The van der Waals surface area contributed by atoms with Gasteiger partial charge in [-0.1, -0.05) is 30.4 Å². The van der Waals surface area contributed by atoms with E-state index in [0.29, 0.717) is 37.4 Å². The molecule has 0 aliphatic carbocycles. The van der Waals surface area contributed by atoms with Crippen molar-refractivity contribution < 1.29 is 19.4 Å². The Hall–Kier alpha value is -1.68. The Labute approximate surface area is 194 Å². The molecule has 4 N–H and O–H groups in total. The molecular weight excluding hydrogens is 434 g/mol. The van der Waals surface area contributed by atoms with Gasteiger partial charge < -0.3 is 20.9 Å². The monoisotopic (exact) mass is 467 g/mol. The number of thioether (sulfide) groups is 1. The number of nitrogens with two attached hydrogens (primary N) is 1. The molecule has 1 amide bonds. The molecule has 0 aromatic heterocycles. The van der Waals surface area contributed by atoms with Crippen LogP contribution in [0.3, 0.4) is 0 Å². The number of benzene rings is 1. The summed E-state index contributed by atoms with van der Waals surface area (Å²) in [5, 5.41) is 12.2. The average Bonchev–Trinajstić information content (AvgIpc) is 3.16. The number of carbonyl (C=O) groups is 2. The highest BCUT2D eigenvalue weighted by atomic mass is 32.2. The third-order valence-corrected chi connectivity index (χ3v) is 6.18. The SMILES string of the molecule is CSCC[C@H](NC(=O)[C@@H]1C[C@H](Oc2ccccc2)CN1CC/C=C/[C@@H](N)CS)C(=O)O. The molecule has 1 saturated heterocycles. The number of hydrogen-bond acceptors (Lipinski definition) is 7. The molecule has 7 nitrogen and oxygen atoms in total. The minimum atomic E-state index is -1.01. The first-order valence-corrected chi connectivity index (χ1v) is 12.5. The molecule has 1 aliphatic rings. The van der Waals surface area contributed by atoms with Crippen molar-refractivity contribution in [3.63, 3.8) is 0 Å². The maximum atomic E-state index is 13.0. The van der Waals surface area contributed by atoms with Crippen molar-refractivity contribution in [3.8, 4) is 5.75 Å². The van der Waals surface area contributed by atoms with E-state index in [0.717, 1.165) is 12.2 Å². The lowest BCUT2D eigenvalue weighted by Crippen LogP contribution is -2.49. The number of ether oxygens (including phenoxy) is 1. The fourth-order valence-electron chi connectivity index (χ4n) is 3.49. The smallest absolute Gasteiger partial charge is 0.326 e. The predicted molar refractivity (Wildman–Crippen MR) is 129 cm³/mol. The van der Waals surface area contributed by atoms with E-state index in [1.807, 2.05) is 48.7 Å². The number of nitrogens with one attached hydrogen (secondary N) is 1. The van der Waals surface area contributed by atoms with E-state index in [4.69, 9.17) is 10.5 Å². The van der Waals surface area contributed by atoms with Crippen LogP contribution in [0.15, 0.2) is 42.5 Å². The summed E-state index contributed by atoms with van der Waals surface area (Å²) in [6.07, 6.45) is 7.32. The molecule has 0 saturated carbocycles. The van der Waals surface area contributed by atoms with Crippen LogP contribution in [0.2, 0.25) is 0 Å². The van der Waals surface area contributed by atoms with Gasteiger partial charge in [0, 0.05) is 31.3 Å². The third-order valence-electron chi connectivity index (χ3n) is 5.12. The van der Waals surface area contributed by atoms with E-state index in [1.165, 1.54) is 0 Å². The lowest BCUT2D eigenvalue weighted by atomic mass is 10.1. The summed E-state index contributed by atoms with van der Waals surface area (Å²) in [7, 11) is 0. The molecule has 0 bridgehead atoms. The lowest BCUT2D eigenvalue weighted by molar-refractivity contribution is -0.142. The van der Waals surface area contributed by atoms with Crippen LogP contribution in [-0.4, -0.2) is 77.0 Å². The Bertz CT molecular complexity index is 720. The maximum Gasteiger partial charge on any atom is 0.326 e. The molecule has 1 heterocycles. The zero-order valence-corrected chi connectivity index (χ0v) is 19.6. The Morgan fingerprint density at radius 3 is 2.81 bits per heavy atom. The number of rotatable bonds is 13. The van der Waals surface area contributed by atoms with Crippen LogP contribution in [0.4, 0.5) is 0 Å². The molecule has 0 radical (unpaired) electrons. The number of amides is 1. The van der Waals surface area contributed by atoms with Gasteiger partial charge in [-0.15, -0.1) is 0 Å². The molecule has 1 aromatic carbocycles. The van der Waals surface area contributed by atoms with Gasteiger partial charge in [0.1, 0.15) is 17.9 Å². The second-order valence-electron chi connectivity index (χ2n) is 7.54. The van der Waals surface area contributed by atoms with Gasteiger partial charge in [0.05, 0.1) is 6.04 Å². The molecule has 2 rings (SSSR count). The Morgan fingerprint density at radius 1 is 1.42 bits per heavy atom. The molecule has 1 fully saturated rings. The number of aliphatic carboxylic acids is 1. The Balaban J connectivity index is 2.03. The summed E-state index contributed by atoms with van der Waals surface area (Å²) in [6.45, 7) is 1.26. The first kappa shape index (κ1) is 25.6. The maximum absolute atomic E-state index is 13.0. The summed E-state index contributed by atoms with van der Waals surface area (Å²) >= 11 is 5.73. The van der Waals surface area contributed by atoms with Gasteiger partial charge >= 0.3 is 5.97 Å². The second kappa shape index (κ2) is 13.7. The van der Waals surface area contributed by atoms with Crippen LogP contribution in [0.5, 0.6) is 5.75 Å². The molecule has 0 spiro atoms. The molecule has 4 atom stereocenters. The largest absolute Gasteiger partial charge is 0.489 e. The van der Waals surface area contributed by atoms with Crippen LogP contribution in [0.1, 0.15) is 19.3 Å². The van der Waals surface area contributed by atoms with Crippen molar-refractivity contribution >= 4 is 36.3 Å². The van der Waals surface area contributed by atoms with E-state index in [9.17, 15) is 14.7 Å². The molecule has 31 heavy (non-hydrogen) atoms. The summed E-state index contributed by atoms with van der Waals surface area (Å²) in [6, 6.07) is 8.11. The van der Waals surface area contributed by atoms with Crippen molar-refractivity contribution in [2.45, 2.75) is 43.5 Å². The molecule has 9 heteroatoms. The van der Waals surface area contributed by atoms with Gasteiger partial charge in [-0.05, 0) is 37.0 Å². The van der Waals surface area contributed by atoms with Crippen LogP contribution in [-0.2, 0) is 9.59 Å². The highest BCUT2D eigenvalue weighted by Crippen LogP contribution is 2.24. The highest BCUT2D eigenvalue weighted by molar-refractivity contribution is 7.98. The summed E-state index contributed by atoms with van der Waals surface area (Å²) in [5.74, 6) is 0.736. The molecule has 0 unspecified atom stereocenters. The standard InChI is InChI=1S/C22H33N3O4S2/c1-31-12-10-19(22(27)28)24-21(26)20-13-18(29-17-8-3-2-4-9-17)14-25(20)11-6-5-7-16(23)15-30/h2-5,7-9,16,18-20,30H,6,10-15,23H2,1H3,(H,24,26)(H,27,28)/b7-5+/t16-,18+,19+,20+/m1/s1. The van der Waals surface area contributed by atoms with Crippen molar-refractivity contribution in [2.75, 3.05) is 30.9 Å². The number of nitrogens with zero attached hydrogens (tertiary/aromatic N) is 1. The first-order chi connectivity index (χ1) is 14.9. The molecule has 172 valence electrons. The zero-order chi connectivity index (χ0) is 22.6. The van der Waals surface area contributed by atoms with Crippen LogP contribution >= 0.6 is 24.4 Å². The van der Waals surface area contributed by atoms with Gasteiger partial charge in [-0.3, -0.25) is 9.69 Å². The third kappa shape index (κ3) is 8.76. The van der Waals surface area contributed by atoms with Gasteiger partial charge in [0.15, 0.2) is 0 Å². The van der Waals surface area contributed by atoms with Gasteiger partial charge in [-0.2, -0.15) is 24.4 Å². The van der Waals surface area contributed by atoms with Gasteiger partial charge in [0.25, 0.3) is 0 Å². The Morgan fingerprint density at radius 2 is 2.16 bits per heavy atom. The van der Waals surface area contributed by atoms with E-state index in [-0.39, 0.29) is 18.1 Å². The number of carboxylic acids is 1. The zero-order valence-electron chi connectivity index (χ0n) is 17.9. The molecule has 1 aromatic rings. The highest BCUT2D eigenvalue weighted by Gasteiger charge is 2.38. The average molecular weight is 468 g/mol. The van der Waals surface area contributed by atoms with Gasteiger partial charge in [-0.25, -0.2) is 4.79 Å². The number of carbonyl (C=O) groups excluding carboxylic acids is 1. The minimum Gasteiger partial charge on any atom is -0.489 e. The molecular formula is C22H33N3O4S2. The fourth-order valence-corrected chi connectivity index (χ4v) is 4.08. The van der Waals surface area contributed by atoms with Crippen molar-refractivity contribution in [2.24, 2.45) is 5.73 Å². The fraction of sp³-hybridized carbons (Fsp3) is 0.545. The van der Waals surface area contributed by atoms with Crippen molar-refractivity contribution in [1.82, 2.24) is 10.2 Å². The first-order valence-electron chi connectivity index (χ1n) is 10.5. The number of hydrogen-bond donors (Lipinski definition) is 4. The number of carboxylic acid groups (broad SMARTS) is 1. The molecule has 1 aliphatic heterocycles. The van der Waals surface area contributed by atoms with Crippen LogP contribution in [0.25, 0.3) is 0 Å². The predicted octanol–water partition coefficient (Wildman–Crippen LogP) is 2.03. The quantitative estimate of drug-likeness (QED) is 0.260. The second-order valence-corrected chi connectivity index (χ2v) is 8.89. The van der Waals surface area contributed by atoms with Crippen molar-refractivity contribution in [3.05, 3.63) is 42.5 Å². The van der Waals surface area contributed by atoms with E-state index < -0.39 is 18.1 Å². The normalized spacial score (nSPS) is 21.1. The van der Waals surface area contributed by atoms with E-state index in [2.05, 4.69) is 22.8 Å². The Kier molecular flexibility index (Phi) is 11.3. The summed E-state index contributed by atoms with van der Waals surface area (Å²) in [4.78, 5) is 26.6. The number of para-hydroxylation sites is 1. The topological polar surface area (TPSA) is 105 Å². The van der Waals surface area contributed by atoms with Crippen LogP contribution in [0, 0.1) is 0 Å². The van der Waals surface area contributed by atoms with Crippen molar-refractivity contribution in [1.29, 1.82) is 0 Å². The summed E-state index contributed by atoms with van der Waals surface area (Å²) < 4.78 is 6.08. The lowest BCUT2D eigenvalue weighted by Gasteiger charge is -2.24.